The second-order valence-corrected chi connectivity index (χ2v) is 6.98. The number of carbonyl (C=O) groups excluding carboxylic acids is 2. The van der Waals surface area contributed by atoms with Crippen LogP contribution in [0.1, 0.15) is 28.7 Å². The molecule has 0 radical (unpaired) electrons. The van der Waals surface area contributed by atoms with Crippen LogP contribution in [0.4, 0.5) is 14.5 Å². The van der Waals surface area contributed by atoms with Gasteiger partial charge in [-0.3, -0.25) is 4.79 Å². The molecule has 1 N–H and O–H groups in total. The number of aryl methyl sites for hydroxylation is 1. The fourth-order valence-corrected chi connectivity index (χ4v) is 2.84. The van der Waals surface area contributed by atoms with E-state index in [1.54, 1.807) is 23.7 Å². The van der Waals surface area contributed by atoms with Gasteiger partial charge in [-0.2, -0.15) is 5.10 Å². The van der Waals surface area contributed by atoms with Crippen LogP contribution in [0.15, 0.2) is 42.5 Å². The van der Waals surface area contributed by atoms with Crippen LogP contribution in [-0.4, -0.2) is 27.8 Å². The zero-order valence-electron chi connectivity index (χ0n) is 16.4. The SMILES string of the molecule is Cc1nn(-c2ccc(C(=O)OC(C)C(=O)Nc3ccc(F)cc3F)cc2)c(C)c1Cl. The summed E-state index contributed by atoms with van der Waals surface area (Å²) in [6, 6.07) is 9.15. The Morgan fingerprint density at radius 3 is 2.37 bits per heavy atom. The number of hydrogen-bond acceptors (Lipinski definition) is 4. The fourth-order valence-electron chi connectivity index (χ4n) is 2.72. The lowest BCUT2D eigenvalue weighted by molar-refractivity contribution is -0.123. The van der Waals surface area contributed by atoms with E-state index in [1.165, 1.54) is 19.1 Å². The molecule has 0 spiro atoms. The van der Waals surface area contributed by atoms with Crippen LogP contribution >= 0.6 is 11.6 Å². The Hall–Kier alpha value is -3.26. The molecule has 0 bridgehead atoms. The van der Waals surface area contributed by atoms with E-state index in [9.17, 15) is 18.4 Å². The van der Waals surface area contributed by atoms with E-state index in [0.29, 0.717) is 22.5 Å². The van der Waals surface area contributed by atoms with Crippen LogP contribution in [0.25, 0.3) is 5.69 Å². The highest BCUT2D eigenvalue weighted by Gasteiger charge is 2.20. The quantitative estimate of drug-likeness (QED) is 0.596. The van der Waals surface area contributed by atoms with Crippen molar-refractivity contribution in [1.82, 2.24) is 9.78 Å². The van der Waals surface area contributed by atoms with E-state index in [1.807, 2.05) is 6.92 Å². The Morgan fingerprint density at radius 1 is 1.13 bits per heavy atom. The van der Waals surface area contributed by atoms with Crippen LogP contribution in [0.3, 0.4) is 0 Å². The maximum atomic E-state index is 13.7. The highest BCUT2D eigenvalue weighted by Crippen LogP contribution is 2.22. The molecule has 156 valence electrons. The Kier molecular flexibility index (Phi) is 6.17. The summed E-state index contributed by atoms with van der Waals surface area (Å²) in [6.45, 7) is 4.97. The summed E-state index contributed by atoms with van der Waals surface area (Å²) in [5.41, 5.74) is 2.17. The molecule has 9 heteroatoms. The molecular weight excluding hydrogens is 416 g/mol. The summed E-state index contributed by atoms with van der Waals surface area (Å²) in [6.07, 6.45) is -1.20. The minimum atomic E-state index is -1.20. The number of halogens is 3. The lowest BCUT2D eigenvalue weighted by atomic mass is 10.2. The molecule has 30 heavy (non-hydrogen) atoms. The molecule has 6 nitrogen and oxygen atoms in total. The highest BCUT2D eigenvalue weighted by molar-refractivity contribution is 6.31. The number of rotatable bonds is 5. The zero-order valence-corrected chi connectivity index (χ0v) is 17.1. The predicted molar refractivity (Wildman–Crippen MR) is 108 cm³/mol. The Morgan fingerprint density at radius 2 is 1.80 bits per heavy atom. The first-order valence-electron chi connectivity index (χ1n) is 8.96. The van der Waals surface area contributed by atoms with Gasteiger partial charge in [0.25, 0.3) is 5.91 Å². The number of benzene rings is 2. The van der Waals surface area contributed by atoms with Crippen molar-refractivity contribution in [2.24, 2.45) is 0 Å². The Bertz CT molecular complexity index is 1110. The van der Waals surface area contributed by atoms with E-state index >= 15 is 0 Å². The van der Waals surface area contributed by atoms with Gasteiger partial charge < -0.3 is 10.1 Å². The summed E-state index contributed by atoms with van der Waals surface area (Å²) in [4.78, 5) is 24.5. The average Bonchev–Trinajstić information content (AvgIpc) is 2.97. The molecular formula is C21H18ClF2N3O3. The monoisotopic (exact) mass is 433 g/mol. The van der Waals surface area contributed by atoms with Crippen LogP contribution in [0, 0.1) is 25.5 Å². The third kappa shape index (κ3) is 4.49. The molecule has 1 atom stereocenters. The molecule has 0 saturated heterocycles. The first kappa shape index (κ1) is 21.4. The molecule has 0 fully saturated rings. The van der Waals surface area contributed by atoms with Crippen molar-refractivity contribution in [3.8, 4) is 5.69 Å². The molecule has 3 aromatic rings. The van der Waals surface area contributed by atoms with Crippen molar-refractivity contribution in [3.05, 3.63) is 76.1 Å². The number of anilines is 1. The van der Waals surface area contributed by atoms with Gasteiger partial charge in [-0.05, 0) is 57.2 Å². The number of hydrogen-bond donors (Lipinski definition) is 1. The first-order valence-corrected chi connectivity index (χ1v) is 9.34. The summed E-state index contributed by atoms with van der Waals surface area (Å²) in [5.74, 6) is -3.17. The van der Waals surface area contributed by atoms with Crippen LogP contribution in [0.2, 0.25) is 5.02 Å². The second-order valence-electron chi connectivity index (χ2n) is 6.60. The molecule has 0 aliphatic rings. The average molecular weight is 434 g/mol. The molecule has 1 unspecified atom stereocenters. The van der Waals surface area contributed by atoms with E-state index in [0.717, 1.165) is 17.8 Å². The number of aromatic nitrogens is 2. The third-order valence-electron chi connectivity index (χ3n) is 4.39. The van der Waals surface area contributed by atoms with Crippen molar-refractivity contribution in [2.45, 2.75) is 26.9 Å². The molecule has 0 aliphatic heterocycles. The first-order chi connectivity index (χ1) is 14.2. The number of esters is 1. The third-order valence-corrected chi connectivity index (χ3v) is 4.94. The standard InChI is InChI=1S/C21H18ClF2N3O3/c1-11-19(22)12(2)27(26-11)16-7-4-14(5-8-16)21(29)30-13(3)20(28)25-18-9-6-15(23)10-17(18)24/h4-10,13H,1-3H3,(H,25,28). The summed E-state index contributed by atoms with van der Waals surface area (Å²) < 4.78 is 33.4. The molecule has 1 heterocycles. The number of nitrogens with zero attached hydrogens (tertiary/aromatic N) is 2. The lowest BCUT2D eigenvalue weighted by Gasteiger charge is -2.14. The van der Waals surface area contributed by atoms with E-state index in [4.69, 9.17) is 16.3 Å². The molecule has 0 aliphatic carbocycles. The van der Waals surface area contributed by atoms with E-state index < -0.39 is 29.6 Å². The Labute approximate surface area is 176 Å². The minimum absolute atomic E-state index is 0.211. The van der Waals surface area contributed by atoms with Gasteiger partial charge in [0, 0.05) is 6.07 Å². The molecule has 2 aromatic carbocycles. The van der Waals surface area contributed by atoms with Crippen molar-refractivity contribution in [1.29, 1.82) is 0 Å². The molecule has 0 saturated carbocycles. The van der Waals surface area contributed by atoms with E-state index in [2.05, 4.69) is 10.4 Å². The second kappa shape index (κ2) is 8.62. The maximum Gasteiger partial charge on any atom is 0.338 e. The van der Waals surface area contributed by atoms with Crippen molar-refractivity contribution in [3.63, 3.8) is 0 Å². The number of carbonyl (C=O) groups is 2. The largest absolute Gasteiger partial charge is 0.449 e. The minimum Gasteiger partial charge on any atom is -0.449 e. The van der Waals surface area contributed by atoms with Gasteiger partial charge >= 0.3 is 5.97 Å². The van der Waals surface area contributed by atoms with Crippen molar-refractivity contribution in [2.75, 3.05) is 5.32 Å². The maximum absolute atomic E-state index is 13.7. The zero-order chi connectivity index (χ0) is 22.0. The molecule has 3 rings (SSSR count). The van der Waals surface area contributed by atoms with E-state index in [-0.39, 0.29) is 11.3 Å². The lowest BCUT2D eigenvalue weighted by Crippen LogP contribution is -2.30. The van der Waals surface area contributed by atoms with Crippen LogP contribution in [-0.2, 0) is 9.53 Å². The summed E-state index contributed by atoms with van der Waals surface area (Å²) >= 11 is 6.16. The van der Waals surface area contributed by atoms with Gasteiger partial charge in [0.05, 0.1) is 33.3 Å². The van der Waals surface area contributed by atoms with Crippen LogP contribution in [0.5, 0.6) is 0 Å². The predicted octanol–water partition coefficient (Wildman–Crippen LogP) is 4.60. The van der Waals surface area contributed by atoms with Gasteiger partial charge in [0.15, 0.2) is 6.10 Å². The van der Waals surface area contributed by atoms with Gasteiger partial charge in [0.1, 0.15) is 11.6 Å². The fraction of sp³-hybridized carbons (Fsp3) is 0.190. The number of ether oxygens (including phenoxy) is 1. The normalized spacial score (nSPS) is 11.8. The summed E-state index contributed by atoms with van der Waals surface area (Å²) in [5, 5.41) is 7.16. The number of nitrogens with one attached hydrogen (secondary N) is 1. The topological polar surface area (TPSA) is 73.2 Å². The molecule has 1 amide bonds. The number of amides is 1. The Balaban J connectivity index is 1.66. The van der Waals surface area contributed by atoms with Crippen molar-refractivity contribution < 1.29 is 23.1 Å². The smallest absolute Gasteiger partial charge is 0.338 e. The van der Waals surface area contributed by atoms with Gasteiger partial charge in [-0.25, -0.2) is 18.3 Å². The highest BCUT2D eigenvalue weighted by atomic mass is 35.5. The van der Waals surface area contributed by atoms with Crippen LogP contribution < -0.4 is 5.32 Å². The summed E-state index contributed by atoms with van der Waals surface area (Å²) in [7, 11) is 0. The van der Waals surface area contributed by atoms with Gasteiger partial charge in [-0.15, -0.1) is 0 Å². The van der Waals surface area contributed by atoms with Gasteiger partial charge in [0.2, 0.25) is 0 Å². The van der Waals surface area contributed by atoms with Gasteiger partial charge in [-0.1, -0.05) is 11.6 Å². The van der Waals surface area contributed by atoms with Crippen molar-refractivity contribution >= 4 is 29.2 Å². The molecule has 1 aromatic heterocycles.